The number of halogens is 2. The molecule has 1 aromatic rings. The number of sulfone groups is 1. The molecule has 0 unspecified atom stereocenters. The Bertz CT molecular complexity index is 692. The molecule has 0 spiro atoms. The normalized spacial score (nSPS) is 20.0. The van der Waals surface area contributed by atoms with E-state index in [9.17, 15) is 22.0 Å². The van der Waals surface area contributed by atoms with E-state index in [2.05, 4.69) is 15.3 Å². The van der Waals surface area contributed by atoms with Crippen LogP contribution in [-0.4, -0.2) is 38.7 Å². The van der Waals surface area contributed by atoms with Gasteiger partial charge in [-0.15, -0.1) is 0 Å². The molecule has 1 heterocycles. The Morgan fingerprint density at radius 3 is 2.83 bits per heavy atom. The van der Waals surface area contributed by atoms with Crippen molar-refractivity contribution in [2.45, 2.75) is 19.5 Å². The van der Waals surface area contributed by atoms with Crippen molar-refractivity contribution in [2.75, 3.05) is 11.5 Å². The van der Waals surface area contributed by atoms with Crippen LogP contribution < -0.4 is 10.2 Å². The van der Waals surface area contributed by atoms with Crippen molar-refractivity contribution < 1.29 is 26.7 Å². The number of carbonyl (C=O) groups excluding carboxylic acids is 1. The predicted molar refractivity (Wildman–Crippen MR) is 80.2 cm³/mol. The zero-order chi connectivity index (χ0) is 16.9. The van der Waals surface area contributed by atoms with Gasteiger partial charge in [0.15, 0.2) is 9.84 Å². The van der Waals surface area contributed by atoms with Crippen molar-refractivity contribution in [3.05, 3.63) is 29.8 Å². The summed E-state index contributed by atoms with van der Waals surface area (Å²) < 4.78 is 51.5. The highest BCUT2D eigenvalue weighted by Crippen LogP contribution is 2.21. The average molecular weight is 346 g/mol. The topological polar surface area (TPSA) is 84.8 Å². The molecule has 1 N–H and O–H groups in total. The fourth-order valence-corrected chi connectivity index (χ4v) is 4.17. The van der Waals surface area contributed by atoms with Crippen LogP contribution in [0.15, 0.2) is 29.4 Å². The van der Waals surface area contributed by atoms with E-state index in [4.69, 9.17) is 0 Å². The zero-order valence-corrected chi connectivity index (χ0v) is 12.9. The first kappa shape index (κ1) is 17.3. The van der Waals surface area contributed by atoms with Crippen LogP contribution in [0.25, 0.3) is 0 Å². The predicted octanol–water partition coefficient (Wildman–Crippen LogP) is 1.56. The SMILES string of the molecule is O=C(C[C@@H]1CCS(=O)(=O)C1)N/N=C\c1ccccc1OC(F)F. The van der Waals surface area contributed by atoms with E-state index < -0.39 is 22.4 Å². The highest BCUT2D eigenvalue weighted by atomic mass is 32.2. The number of para-hydroxylation sites is 1. The lowest BCUT2D eigenvalue weighted by Gasteiger charge is -2.07. The number of carbonyl (C=O) groups is 1. The lowest BCUT2D eigenvalue weighted by molar-refractivity contribution is -0.121. The molecule has 0 bridgehead atoms. The molecular weight excluding hydrogens is 330 g/mol. The molecule has 2 rings (SSSR count). The van der Waals surface area contributed by atoms with Gasteiger partial charge in [-0.05, 0) is 24.5 Å². The molecule has 1 aliphatic rings. The number of hydrazone groups is 1. The number of amides is 1. The second kappa shape index (κ2) is 7.49. The number of alkyl halides is 2. The molecule has 1 saturated heterocycles. The van der Waals surface area contributed by atoms with Crippen molar-refractivity contribution in [1.29, 1.82) is 0 Å². The minimum atomic E-state index is -3.03. The Labute approximate surface area is 132 Å². The van der Waals surface area contributed by atoms with E-state index in [0.717, 1.165) is 0 Å². The van der Waals surface area contributed by atoms with Crippen molar-refractivity contribution in [1.82, 2.24) is 5.43 Å². The number of nitrogens with one attached hydrogen (secondary N) is 1. The average Bonchev–Trinajstić information content (AvgIpc) is 2.79. The third-order valence-electron chi connectivity index (χ3n) is 3.33. The van der Waals surface area contributed by atoms with Gasteiger partial charge in [-0.25, -0.2) is 13.8 Å². The molecule has 1 amide bonds. The Morgan fingerprint density at radius 1 is 1.43 bits per heavy atom. The van der Waals surface area contributed by atoms with Crippen LogP contribution in [0.1, 0.15) is 18.4 Å². The van der Waals surface area contributed by atoms with E-state index in [1.165, 1.54) is 24.4 Å². The minimum Gasteiger partial charge on any atom is -0.434 e. The van der Waals surface area contributed by atoms with Gasteiger partial charge in [0, 0.05) is 12.0 Å². The standard InChI is InChI=1S/C14H16F2N2O4S/c15-14(16)22-12-4-2-1-3-11(12)8-17-18-13(19)7-10-5-6-23(20,21)9-10/h1-4,8,10,14H,5-7,9H2,(H,18,19)/b17-8-/t10-/m0/s1. The molecule has 1 aromatic carbocycles. The van der Waals surface area contributed by atoms with Gasteiger partial charge in [0.25, 0.3) is 0 Å². The lowest BCUT2D eigenvalue weighted by atomic mass is 10.1. The van der Waals surface area contributed by atoms with Crippen LogP contribution in [-0.2, 0) is 14.6 Å². The summed E-state index contributed by atoms with van der Waals surface area (Å²) in [5.41, 5.74) is 2.55. The number of nitrogens with zero attached hydrogens (tertiary/aromatic N) is 1. The second-order valence-corrected chi connectivity index (χ2v) is 7.41. The van der Waals surface area contributed by atoms with Gasteiger partial charge in [-0.1, -0.05) is 12.1 Å². The smallest absolute Gasteiger partial charge is 0.387 e. The first-order valence-electron chi connectivity index (χ1n) is 6.92. The molecule has 1 fully saturated rings. The summed E-state index contributed by atoms with van der Waals surface area (Å²) in [6.45, 7) is -2.96. The Morgan fingerprint density at radius 2 is 2.17 bits per heavy atom. The summed E-state index contributed by atoms with van der Waals surface area (Å²) in [5.74, 6) is -0.565. The summed E-state index contributed by atoms with van der Waals surface area (Å²) in [7, 11) is -3.03. The van der Waals surface area contributed by atoms with E-state index in [1.54, 1.807) is 6.07 Å². The Kier molecular flexibility index (Phi) is 5.64. The maximum absolute atomic E-state index is 12.3. The highest BCUT2D eigenvalue weighted by Gasteiger charge is 2.29. The quantitative estimate of drug-likeness (QED) is 0.626. The maximum Gasteiger partial charge on any atom is 0.387 e. The number of hydrogen-bond donors (Lipinski definition) is 1. The van der Waals surface area contributed by atoms with Crippen LogP contribution in [0.2, 0.25) is 0 Å². The highest BCUT2D eigenvalue weighted by molar-refractivity contribution is 7.91. The van der Waals surface area contributed by atoms with E-state index >= 15 is 0 Å². The van der Waals surface area contributed by atoms with Crippen molar-refractivity contribution in [2.24, 2.45) is 11.0 Å². The van der Waals surface area contributed by atoms with Crippen LogP contribution in [0.5, 0.6) is 5.75 Å². The van der Waals surface area contributed by atoms with Gasteiger partial charge in [0.1, 0.15) is 5.75 Å². The molecule has 126 valence electrons. The largest absolute Gasteiger partial charge is 0.434 e. The van der Waals surface area contributed by atoms with Gasteiger partial charge in [-0.2, -0.15) is 13.9 Å². The molecule has 1 atom stereocenters. The first-order valence-corrected chi connectivity index (χ1v) is 8.74. The van der Waals surface area contributed by atoms with E-state index in [1.807, 2.05) is 0 Å². The number of rotatable bonds is 6. The maximum atomic E-state index is 12.3. The molecule has 0 radical (unpaired) electrons. The Balaban J connectivity index is 1.88. The van der Waals surface area contributed by atoms with Gasteiger partial charge < -0.3 is 4.74 Å². The Hall–Kier alpha value is -2.03. The van der Waals surface area contributed by atoms with Gasteiger partial charge >= 0.3 is 6.61 Å². The number of ether oxygens (including phenoxy) is 1. The van der Waals surface area contributed by atoms with E-state index in [0.29, 0.717) is 6.42 Å². The first-order chi connectivity index (χ1) is 10.9. The van der Waals surface area contributed by atoms with Gasteiger partial charge in [-0.3, -0.25) is 4.79 Å². The summed E-state index contributed by atoms with van der Waals surface area (Å²) in [5, 5.41) is 3.69. The van der Waals surface area contributed by atoms with Crippen LogP contribution >= 0.6 is 0 Å². The van der Waals surface area contributed by atoms with Crippen LogP contribution in [0.3, 0.4) is 0 Å². The fraction of sp³-hybridized carbons (Fsp3) is 0.429. The third kappa shape index (κ3) is 5.59. The lowest BCUT2D eigenvalue weighted by Crippen LogP contribution is -2.21. The number of benzene rings is 1. The molecule has 9 heteroatoms. The monoisotopic (exact) mass is 346 g/mol. The molecular formula is C14H16F2N2O4S. The fourth-order valence-electron chi connectivity index (χ4n) is 2.31. The van der Waals surface area contributed by atoms with Crippen molar-refractivity contribution in [3.63, 3.8) is 0 Å². The molecule has 6 nitrogen and oxygen atoms in total. The molecule has 0 aliphatic carbocycles. The molecule has 23 heavy (non-hydrogen) atoms. The number of hydrogen-bond acceptors (Lipinski definition) is 5. The third-order valence-corrected chi connectivity index (χ3v) is 5.17. The van der Waals surface area contributed by atoms with Gasteiger partial charge in [0.2, 0.25) is 5.91 Å². The molecule has 0 saturated carbocycles. The molecule has 0 aromatic heterocycles. The zero-order valence-electron chi connectivity index (χ0n) is 12.1. The van der Waals surface area contributed by atoms with Crippen LogP contribution in [0, 0.1) is 5.92 Å². The van der Waals surface area contributed by atoms with Gasteiger partial charge in [0.05, 0.1) is 17.7 Å². The minimum absolute atomic E-state index is 0.00912. The van der Waals surface area contributed by atoms with Crippen LogP contribution in [0.4, 0.5) is 8.78 Å². The summed E-state index contributed by atoms with van der Waals surface area (Å²) in [6.07, 6.45) is 1.72. The van der Waals surface area contributed by atoms with E-state index in [-0.39, 0.29) is 35.2 Å². The second-order valence-electron chi connectivity index (χ2n) is 5.18. The summed E-state index contributed by atoms with van der Waals surface area (Å²) in [6, 6.07) is 6.02. The van der Waals surface area contributed by atoms with Crippen molar-refractivity contribution >= 4 is 22.0 Å². The summed E-state index contributed by atoms with van der Waals surface area (Å²) >= 11 is 0. The molecule has 1 aliphatic heterocycles. The van der Waals surface area contributed by atoms with Crippen molar-refractivity contribution in [3.8, 4) is 5.75 Å². The summed E-state index contributed by atoms with van der Waals surface area (Å²) in [4.78, 5) is 11.7.